The molecule has 3 N–H and O–H groups in total. The van der Waals surface area contributed by atoms with Gasteiger partial charge in [0.1, 0.15) is 19.3 Å². The van der Waals surface area contributed by atoms with Crippen molar-refractivity contribution in [1.29, 1.82) is 0 Å². The number of carbonyl (C=O) groups is 4. The number of ether oxygens (including phenoxy) is 4. The first-order valence-electron chi connectivity index (χ1n) is 41.8. The van der Waals surface area contributed by atoms with Crippen LogP contribution in [0.3, 0.4) is 0 Å². The zero-order valence-electron chi connectivity index (χ0n) is 66.8. The van der Waals surface area contributed by atoms with Crippen molar-refractivity contribution >= 4 is 39.5 Å². The van der Waals surface area contributed by atoms with Crippen molar-refractivity contribution in [2.45, 2.75) is 367 Å². The molecule has 0 spiro atoms. The molecule has 0 aromatic heterocycles. The standard InChI is InChI=1S/C87H150O17P2/c1-5-9-13-17-21-25-29-33-36-38-40-42-45-49-52-56-60-64-68-72-85(90)98-78-83(104-87(92)74-70-66-62-58-54-50-46-43-41-39-37-34-30-26-22-18-14-10-6-2)80-102-106(95,96)100-76-81(88)75-99-105(93,94)101-79-82(103-86(91)73-69-65-61-57-53-47-32-28-24-20-16-12-8-4)77-97-84(89)71-67-63-59-55-51-48-44-35-31-27-23-19-15-11-7-3/h9,13,16,20-22,25-26,28,32-34,36-37,40-43,49,52,81-83,88H,5-8,10-12,14-15,17-19,23-24,27,29-31,35,38-39,44-48,50-51,53-80H2,1-4H3,(H,93,94)(H,95,96)/b13-9-,20-16-,25-21-,26-22-,32-28-,36-33-,37-34-,42-40-,43-41-,52-49-. The molecule has 19 heteroatoms. The van der Waals surface area contributed by atoms with E-state index in [0.29, 0.717) is 25.7 Å². The van der Waals surface area contributed by atoms with Gasteiger partial charge in [-0.15, -0.1) is 0 Å². The molecule has 0 rings (SSSR count). The number of phosphoric acid groups is 2. The van der Waals surface area contributed by atoms with Crippen LogP contribution < -0.4 is 0 Å². The van der Waals surface area contributed by atoms with E-state index in [-0.39, 0.29) is 25.7 Å². The highest BCUT2D eigenvalue weighted by Gasteiger charge is 2.30. The van der Waals surface area contributed by atoms with Gasteiger partial charge in [0, 0.05) is 25.7 Å². The Bertz CT molecular complexity index is 2480. The van der Waals surface area contributed by atoms with E-state index in [0.717, 1.165) is 180 Å². The largest absolute Gasteiger partial charge is 0.472 e. The summed E-state index contributed by atoms with van der Waals surface area (Å²) in [6.45, 7) is 4.65. The maximum atomic E-state index is 13.1. The second-order valence-corrected chi connectivity index (χ2v) is 30.6. The van der Waals surface area contributed by atoms with Crippen molar-refractivity contribution < 1.29 is 80.2 Å². The first-order valence-corrected chi connectivity index (χ1v) is 44.8. The summed E-state index contributed by atoms with van der Waals surface area (Å²) in [6, 6.07) is 0. The van der Waals surface area contributed by atoms with Crippen molar-refractivity contribution in [2.75, 3.05) is 39.6 Å². The van der Waals surface area contributed by atoms with E-state index in [2.05, 4.69) is 149 Å². The quantitative estimate of drug-likeness (QED) is 0.0169. The molecule has 0 bridgehead atoms. The maximum Gasteiger partial charge on any atom is 0.472 e. The third-order valence-corrected chi connectivity index (χ3v) is 19.3. The Morgan fingerprint density at radius 2 is 0.509 bits per heavy atom. The molecular weight excluding hydrogens is 1380 g/mol. The van der Waals surface area contributed by atoms with Crippen LogP contribution >= 0.6 is 15.6 Å². The maximum absolute atomic E-state index is 13.1. The highest BCUT2D eigenvalue weighted by Crippen LogP contribution is 2.45. The molecule has 0 radical (unpaired) electrons. The number of hydrogen-bond donors (Lipinski definition) is 3. The van der Waals surface area contributed by atoms with Crippen LogP contribution in [0.5, 0.6) is 0 Å². The average Bonchev–Trinajstić information content (AvgIpc) is 0.903. The lowest BCUT2D eigenvalue weighted by Gasteiger charge is -2.21. The number of hydrogen-bond acceptors (Lipinski definition) is 15. The highest BCUT2D eigenvalue weighted by molar-refractivity contribution is 7.47. The van der Waals surface area contributed by atoms with Crippen molar-refractivity contribution in [3.05, 3.63) is 122 Å². The summed E-state index contributed by atoms with van der Waals surface area (Å²) < 4.78 is 68.7. The van der Waals surface area contributed by atoms with Crippen molar-refractivity contribution in [1.82, 2.24) is 0 Å². The SMILES string of the molecule is CC/C=C\C/C=C\C/C=C\C/C=C\C/C=C\CCCCCC(=O)OCC(COP(=O)(O)OCC(O)COP(=O)(O)OCC(COC(=O)CCCCCCCCCCCCCCCCC)OC(=O)CCCCCCC/C=C\C/C=C\CCC)OC(=O)CCCCCCCC/C=C\C/C=C\C/C=C\CCCCC. The van der Waals surface area contributed by atoms with Gasteiger partial charge in [-0.3, -0.25) is 37.3 Å². The fourth-order valence-electron chi connectivity index (χ4n) is 11.1. The van der Waals surface area contributed by atoms with Crippen molar-refractivity contribution in [2.24, 2.45) is 0 Å². The molecule has 106 heavy (non-hydrogen) atoms. The minimum atomic E-state index is -4.99. The number of aliphatic hydroxyl groups excluding tert-OH is 1. The monoisotopic (exact) mass is 1530 g/mol. The molecule has 0 saturated carbocycles. The van der Waals surface area contributed by atoms with E-state index in [9.17, 15) is 43.2 Å². The summed E-state index contributed by atoms with van der Waals surface area (Å²) >= 11 is 0. The smallest absolute Gasteiger partial charge is 0.462 e. The predicted octanol–water partition coefficient (Wildman–Crippen LogP) is 24.7. The molecule has 0 amide bonds. The number of aliphatic hydroxyl groups is 1. The van der Waals surface area contributed by atoms with Gasteiger partial charge >= 0.3 is 39.5 Å². The van der Waals surface area contributed by atoms with E-state index in [1.807, 2.05) is 0 Å². The van der Waals surface area contributed by atoms with Crippen LogP contribution in [0.15, 0.2) is 122 Å². The van der Waals surface area contributed by atoms with Gasteiger partial charge in [0.15, 0.2) is 12.2 Å². The Hall–Kier alpha value is -4.54. The summed E-state index contributed by atoms with van der Waals surface area (Å²) in [7, 11) is -9.98. The molecule has 0 fully saturated rings. The fourth-order valence-corrected chi connectivity index (χ4v) is 12.6. The zero-order chi connectivity index (χ0) is 77.4. The summed E-state index contributed by atoms with van der Waals surface area (Å²) in [6.07, 6.45) is 87.3. The van der Waals surface area contributed by atoms with Gasteiger partial charge in [-0.25, -0.2) is 9.13 Å². The van der Waals surface area contributed by atoms with Crippen LogP contribution in [-0.4, -0.2) is 96.7 Å². The molecule has 0 aliphatic heterocycles. The Kier molecular flexibility index (Phi) is 75.2. The topological polar surface area (TPSA) is 237 Å². The Morgan fingerprint density at radius 3 is 0.821 bits per heavy atom. The van der Waals surface area contributed by atoms with E-state index in [4.69, 9.17) is 37.0 Å². The third-order valence-electron chi connectivity index (χ3n) is 17.4. The van der Waals surface area contributed by atoms with Crippen LogP contribution in [0, 0.1) is 0 Å². The first-order chi connectivity index (χ1) is 51.7. The van der Waals surface area contributed by atoms with E-state index >= 15 is 0 Å². The summed E-state index contributed by atoms with van der Waals surface area (Å²) in [5, 5.41) is 10.7. The van der Waals surface area contributed by atoms with Crippen LogP contribution in [0.1, 0.15) is 349 Å². The van der Waals surface area contributed by atoms with Crippen molar-refractivity contribution in [3.63, 3.8) is 0 Å². The van der Waals surface area contributed by atoms with Gasteiger partial charge in [-0.1, -0.05) is 310 Å². The van der Waals surface area contributed by atoms with E-state index in [1.165, 1.54) is 89.9 Å². The predicted molar refractivity (Wildman–Crippen MR) is 436 cm³/mol. The van der Waals surface area contributed by atoms with Crippen LogP contribution in [-0.2, 0) is 65.4 Å². The molecule has 610 valence electrons. The van der Waals surface area contributed by atoms with Gasteiger partial charge in [-0.2, -0.15) is 0 Å². The number of allylic oxidation sites excluding steroid dienone is 20. The lowest BCUT2D eigenvalue weighted by atomic mass is 10.0. The fraction of sp³-hybridized carbons (Fsp3) is 0.724. The number of esters is 4. The highest BCUT2D eigenvalue weighted by atomic mass is 31.2. The molecule has 0 heterocycles. The van der Waals surface area contributed by atoms with Gasteiger partial charge in [0.2, 0.25) is 0 Å². The van der Waals surface area contributed by atoms with Crippen molar-refractivity contribution in [3.8, 4) is 0 Å². The Morgan fingerprint density at radius 1 is 0.274 bits per heavy atom. The molecular formula is C87H150O17P2. The normalized spacial score (nSPS) is 14.4. The van der Waals surface area contributed by atoms with E-state index < -0.39 is 97.5 Å². The van der Waals surface area contributed by atoms with Gasteiger partial charge in [0.05, 0.1) is 26.4 Å². The lowest BCUT2D eigenvalue weighted by molar-refractivity contribution is -0.161. The Balaban J connectivity index is 5.40. The third kappa shape index (κ3) is 77.6. The van der Waals surface area contributed by atoms with E-state index in [1.54, 1.807) is 0 Å². The zero-order valence-corrected chi connectivity index (χ0v) is 68.6. The van der Waals surface area contributed by atoms with Gasteiger partial charge in [0.25, 0.3) is 0 Å². The molecule has 0 aliphatic carbocycles. The van der Waals surface area contributed by atoms with Gasteiger partial charge in [-0.05, 0) is 135 Å². The number of unbranched alkanes of at least 4 members (excludes halogenated alkanes) is 32. The van der Waals surface area contributed by atoms with Crippen LogP contribution in [0.4, 0.5) is 0 Å². The number of carbonyl (C=O) groups excluding carboxylic acids is 4. The average molecular weight is 1530 g/mol. The minimum absolute atomic E-state index is 0.0704. The molecule has 5 atom stereocenters. The molecule has 5 unspecified atom stereocenters. The molecule has 0 saturated heterocycles. The lowest BCUT2D eigenvalue weighted by Crippen LogP contribution is -2.30. The van der Waals surface area contributed by atoms with Gasteiger partial charge < -0.3 is 33.8 Å². The molecule has 0 aromatic carbocycles. The summed E-state index contributed by atoms with van der Waals surface area (Å²) in [5.41, 5.74) is 0. The molecule has 17 nitrogen and oxygen atoms in total. The Labute approximate surface area is 644 Å². The number of phosphoric ester groups is 2. The second-order valence-electron chi connectivity index (χ2n) is 27.7. The van der Waals surface area contributed by atoms with Crippen LogP contribution in [0.25, 0.3) is 0 Å². The van der Waals surface area contributed by atoms with Crippen LogP contribution in [0.2, 0.25) is 0 Å². The first kappa shape index (κ1) is 101. The second kappa shape index (κ2) is 78.6. The molecule has 0 aliphatic rings. The summed E-state index contributed by atoms with van der Waals surface area (Å²) in [5.74, 6) is -2.23. The number of rotatable bonds is 78. The molecule has 0 aromatic rings. The minimum Gasteiger partial charge on any atom is -0.462 e. The summed E-state index contributed by atoms with van der Waals surface area (Å²) in [4.78, 5) is 73.1.